The predicted molar refractivity (Wildman–Crippen MR) is 130 cm³/mol. The molecule has 14 heteroatoms. The molecule has 0 aromatic rings. The van der Waals surface area contributed by atoms with Crippen molar-refractivity contribution in [1.29, 1.82) is 0 Å². The lowest BCUT2D eigenvalue weighted by Crippen LogP contribution is -2.58. The molecule has 0 aromatic carbocycles. The molecular weight excluding hydrogens is 474 g/mol. The zero-order valence-corrected chi connectivity index (χ0v) is 20.8. The molecule has 1 aliphatic rings. The molecule has 1 fully saturated rings. The monoisotopic (exact) mass is 513 g/mol. The summed E-state index contributed by atoms with van der Waals surface area (Å²) >= 11 is 0. The number of carbonyl (C=O) groups excluding carboxylic acids is 3. The summed E-state index contributed by atoms with van der Waals surface area (Å²) in [6.45, 7) is 4.09. The Hall–Kier alpha value is -3.42. The molecule has 5 atom stereocenters. The fourth-order valence-electron chi connectivity index (χ4n) is 3.86. The van der Waals surface area contributed by atoms with Gasteiger partial charge in [0.15, 0.2) is 5.96 Å². The Morgan fingerprint density at radius 3 is 2.33 bits per heavy atom. The van der Waals surface area contributed by atoms with E-state index in [0.29, 0.717) is 25.7 Å². The van der Waals surface area contributed by atoms with E-state index < -0.39 is 53.8 Å². The molecule has 3 amide bonds. The van der Waals surface area contributed by atoms with Gasteiger partial charge in [0.05, 0.1) is 6.04 Å². The molecule has 14 nitrogen and oxygen atoms in total. The molecule has 204 valence electrons. The number of hydrogen-bond donors (Lipinski definition) is 7. The van der Waals surface area contributed by atoms with Crippen LogP contribution >= 0.6 is 0 Å². The molecule has 1 aliphatic heterocycles. The van der Waals surface area contributed by atoms with E-state index >= 15 is 0 Å². The summed E-state index contributed by atoms with van der Waals surface area (Å²) in [6.07, 6.45) is 1.47. The highest BCUT2D eigenvalue weighted by molar-refractivity contribution is 5.94. The van der Waals surface area contributed by atoms with E-state index in [1.54, 1.807) is 6.92 Å². The minimum absolute atomic E-state index is 0.0862. The second-order valence-corrected chi connectivity index (χ2v) is 8.95. The lowest BCUT2D eigenvalue weighted by Gasteiger charge is -2.32. The third kappa shape index (κ3) is 9.68. The molecular formula is C22H39N7O7. The first-order chi connectivity index (χ1) is 16.9. The standard InChI is InChI=1S/C22H39N7O7/c1-3-12(2)17(28-18(32)13(23)8-9-16(30)31)20(34)29-11-5-7-15(29)19(33)27-14(21(35)36)6-4-10-26-22(24)25/h12-15,17H,3-11,23H2,1-2H3,(H,27,33)(H,28,32)(H,30,31)(H,35,36)(H4,24,25,26). The van der Waals surface area contributed by atoms with Crippen molar-refractivity contribution in [2.45, 2.75) is 83.0 Å². The highest BCUT2D eigenvalue weighted by Crippen LogP contribution is 2.22. The van der Waals surface area contributed by atoms with Gasteiger partial charge in [-0.3, -0.25) is 24.2 Å². The van der Waals surface area contributed by atoms with Gasteiger partial charge in [0, 0.05) is 19.5 Å². The van der Waals surface area contributed by atoms with Crippen molar-refractivity contribution in [3.05, 3.63) is 0 Å². The minimum atomic E-state index is -1.22. The van der Waals surface area contributed by atoms with Gasteiger partial charge < -0.3 is 42.9 Å². The van der Waals surface area contributed by atoms with Crippen LogP contribution in [0.25, 0.3) is 0 Å². The summed E-state index contributed by atoms with van der Waals surface area (Å²) in [5.74, 6) is -4.43. The number of carbonyl (C=O) groups is 5. The maximum Gasteiger partial charge on any atom is 0.326 e. The second kappa shape index (κ2) is 14.9. The largest absolute Gasteiger partial charge is 0.481 e. The number of amides is 3. The number of nitrogens with two attached hydrogens (primary N) is 3. The Morgan fingerprint density at radius 1 is 1.11 bits per heavy atom. The van der Waals surface area contributed by atoms with Gasteiger partial charge in [-0.1, -0.05) is 20.3 Å². The first-order valence-corrected chi connectivity index (χ1v) is 12.1. The lowest BCUT2D eigenvalue weighted by molar-refractivity contribution is -0.145. The van der Waals surface area contributed by atoms with Gasteiger partial charge in [-0.2, -0.15) is 0 Å². The molecule has 0 aromatic heterocycles. The van der Waals surface area contributed by atoms with Gasteiger partial charge in [0.25, 0.3) is 0 Å². The van der Waals surface area contributed by atoms with E-state index in [9.17, 15) is 29.1 Å². The molecule has 0 aliphatic carbocycles. The van der Waals surface area contributed by atoms with Crippen molar-refractivity contribution in [2.75, 3.05) is 13.1 Å². The zero-order chi connectivity index (χ0) is 27.4. The van der Waals surface area contributed by atoms with Crippen LogP contribution < -0.4 is 27.8 Å². The summed E-state index contributed by atoms with van der Waals surface area (Å²) in [4.78, 5) is 66.5. The number of aliphatic imine (C=N–C) groups is 1. The van der Waals surface area contributed by atoms with Gasteiger partial charge in [0.1, 0.15) is 18.1 Å². The van der Waals surface area contributed by atoms with Crippen molar-refractivity contribution in [1.82, 2.24) is 15.5 Å². The van der Waals surface area contributed by atoms with Crippen molar-refractivity contribution < 1.29 is 34.2 Å². The number of carboxylic acids is 2. The van der Waals surface area contributed by atoms with E-state index in [2.05, 4.69) is 15.6 Å². The third-order valence-electron chi connectivity index (χ3n) is 6.18. The maximum atomic E-state index is 13.4. The normalized spacial score (nSPS) is 18.4. The van der Waals surface area contributed by atoms with E-state index in [0.717, 1.165) is 0 Å². The molecule has 0 spiro atoms. The topological polar surface area (TPSA) is 244 Å². The Kier molecular flexibility index (Phi) is 12.6. The number of rotatable bonds is 15. The Morgan fingerprint density at radius 2 is 1.78 bits per heavy atom. The molecule has 36 heavy (non-hydrogen) atoms. The van der Waals surface area contributed by atoms with E-state index in [-0.39, 0.29) is 44.2 Å². The van der Waals surface area contributed by atoms with Crippen LogP contribution in [-0.2, 0) is 24.0 Å². The first kappa shape index (κ1) is 30.6. The molecule has 1 heterocycles. The van der Waals surface area contributed by atoms with Crippen LogP contribution in [0.3, 0.4) is 0 Å². The quantitative estimate of drug-likeness (QED) is 0.0744. The van der Waals surface area contributed by atoms with Gasteiger partial charge >= 0.3 is 11.9 Å². The number of carboxylic acid groups (broad SMARTS) is 2. The van der Waals surface area contributed by atoms with Crippen molar-refractivity contribution >= 4 is 35.6 Å². The molecule has 0 bridgehead atoms. The number of nitrogens with zero attached hydrogens (tertiary/aromatic N) is 2. The van der Waals surface area contributed by atoms with Crippen LogP contribution in [0.2, 0.25) is 0 Å². The molecule has 0 radical (unpaired) electrons. The fourth-order valence-corrected chi connectivity index (χ4v) is 3.86. The van der Waals surface area contributed by atoms with Gasteiger partial charge in [0.2, 0.25) is 17.7 Å². The van der Waals surface area contributed by atoms with Crippen LogP contribution in [0.15, 0.2) is 4.99 Å². The van der Waals surface area contributed by atoms with Crippen molar-refractivity contribution in [3.8, 4) is 0 Å². The average Bonchev–Trinajstić information content (AvgIpc) is 3.31. The summed E-state index contributed by atoms with van der Waals surface area (Å²) in [5, 5.41) is 23.4. The zero-order valence-electron chi connectivity index (χ0n) is 20.8. The summed E-state index contributed by atoms with van der Waals surface area (Å²) in [6, 6.07) is -4.14. The lowest BCUT2D eigenvalue weighted by atomic mass is 9.96. The smallest absolute Gasteiger partial charge is 0.326 e. The minimum Gasteiger partial charge on any atom is -0.481 e. The molecule has 5 unspecified atom stereocenters. The maximum absolute atomic E-state index is 13.4. The third-order valence-corrected chi connectivity index (χ3v) is 6.18. The average molecular weight is 514 g/mol. The predicted octanol–water partition coefficient (Wildman–Crippen LogP) is -1.68. The van der Waals surface area contributed by atoms with Gasteiger partial charge in [-0.05, 0) is 38.0 Å². The highest BCUT2D eigenvalue weighted by atomic mass is 16.4. The van der Waals surface area contributed by atoms with Gasteiger partial charge in [-0.15, -0.1) is 0 Å². The molecule has 1 rings (SSSR count). The number of nitrogens with one attached hydrogen (secondary N) is 2. The molecule has 1 saturated heterocycles. The van der Waals surface area contributed by atoms with Crippen LogP contribution in [0.1, 0.15) is 58.8 Å². The van der Waals surface area contributed by atoms with Crippen LogP contribution in [-0.4, -0.2) is 88.0 Å². The second-order valence-electron chi connectivity index (χ2n) is 8.95. The van der Waals surface area contributed by atoms with Crippen molar-refractivity contribution in [3.63, 3.8) is 0 Å². The Balaban J connectivity index is 2.90. The summed E-state index contributed by atoms with van der Waals surface area (Å²) in [7, 11) is 0. The number of likely N-dealkylation sites (tertiary alicyclic amines) is 1. The SMILES string of the molecule is CCC(C)C(NC(=O)C(N)CCC(=O)O)C(=O)N1CCCC1C(=O)NC(CCCN=C(N)N)C(=O)O. The Labute approximate surface area is 210 Å². The highest BCUT2D eigenvalue weighted by Gasteiger charge is 2.40. The van der Waals surface area contributed by atoms with Crippen LogP contribution in [0.5, 0.6) is 0 Å². The fraction of sp³-hybridized carbons (Fsp3) is 0.727. The Bertz CT molecular complexity index is 832. The number of hydrogen-bond acceptors (Lipinski definition) is 7. The van der Waals surface area contributed by atoms with Crippen molar-refractivity contribution in [2.24, 2.45) is 28.1 Å². The van der Waals surface area contributed by atoms with E-state index in [1.807, 2.05) is 6.92 Å². The van der Waals surface area contributed by atoms with E-state index in [1.165, 1.54) is 4.90 Å². The number of guanidine groups is 1. The first-order valence-electron chi connectivity index (χ1n) is 12.1. The molecule has 10 N–H and O–H groups in total. The van der Waals surface area contributed by atoms with E-state index in [4.69, 9.17) is 22.3 Å². The molecule has 0 saturated carbocycles. The summed E-state index contributed by atoms with van der Waals surface area (Å²) in [5.41, 5.74) is 16.3. The summed E-state index contributed by atoms with van der Waals surface area (Å²) < 4.78 is 0. The van der Waals surface area contributed by atoms with Crippen LogP contribution in [0.4, 0.5) is 0 Å². The number of aliphatic carboxylic acids is 2. The van der Waals surface area contributed by atoms with Crippen LogP contribution in [0, 0.1) is 5.92 Å². The van der Waals surface area contributed by atoms with Gasteiger partial charge in [-0.25, -0.2) is 4.79 Å².